The lowest BCUT2D eigenvalue weighted by molar-refractivity contribution is 0.0566. The predicted molar refractivity (Wildman–Crippen MR) is 81.7 cm³/mol. The van der Waals surface area contributed by atoms with E-state index in [1.165, 1.54) is 0 Å². The number of furan rings is 1. The van der Waals surface area contributed by atoms with E-state index in [9.17, 15) is 4.79 Å². The molecule has 0 spiro atoms. The second-order valence-corrected chi connectivity index (χ2v) is 5.32. The monoisotopic (exact) mass is 300 g/mol. The minimum atomic E-state index is -0.0960. The summed E-state index contributed by atoms with van der Waals surface area (Å²) in [5, 5.41) is 0. The normalized spacial score (nSPS) is 18.2. The van der Waals surface area contributed by atoms with Crippen molar-refractivity contribution < 1.29 is 13.9 Å². The molecule has 5 heteroatoms. The number of likely N-dealkylation sites (tertiary alicyclic amines) is 1. The molecule has 1 aliphatic rings. The first-order valence-electron chi connectivity index (χ1n) is 7.74. The lowest BCUT2D eigenvalue weighted by Gasteiger charge is -2.34. The van der Waals surface area contributed by atoms with Crippen LogP contribution in [-0.2, 0) is 0 Å². The van der Waals surface area contributed by atoms with Crippen molar-refractivity contribution in [1.29, 1.82) is 0 Å². The van der Waals surface area contributed by atoms with Gasteiger partial charge in [0.05, 0.1) is 18.3 Å². The van der Waals surface area contributed by atoms with Crippen LogP contribution in [0.1, 0.15) is 48.5 Å². The first kappa shape index (κ1) is 14.6. The number of ether oxygens (including phenoxy) is 1. The third-order valence-corrected chi connectivity index (χ3v) is 3.87. The van der Waals surface area contributed by atoms with Crippen molar-refractivity contribution in [2.24, 2.45) is 0 Å². The van der Waals surface area contributed by atoms with E-state index < -0.39 is 0 Å². The summed E-state index contributed by atoms with van der Waals surface area (Å²) in [5.74, 6) is 0.616. The van der Waals surface area contributed by atoms with Crippen LogP contribution in [-0.4, -0.2) is 28.9 Å². The smallest absolute Gasteiger partial charge is 0.290 e. The fraction of sp³-hybridized carbons (Fsp3) is 0.412. The highest BCUT2D eigenvalue weighted by molar-refractivity contribution is 5.92. The fourth-order valence-corrected chi connectivity index (χ4v) is 2.85. The number of amides is 1. The Balaban J connectivity index is 1.82. The number of pyridine rings is 1. The van der Waals surface area contributed by atoms with Crippen LogP contribution in [0.5, 0.6) is 5.95 Å². The summed E-state index contributed by atoms with van der Waals surface area (Å²) >= 11 is 0. The lowest BCUT2D eigenvalue weighted by Crippen LogP contribution is -2.38. The molecular formula is C17H20N2O3. The Morgan fingerprint density at radius 3 is 3.05 bits per heavy atom. The highest BCUT2D eigenvalue weighted by Gasteiger charge is 2.31. The molecule has 22 heavy (non-hydrogen) atoms. The van der Waals surface area contributed by atoms with Crippen LogP contribution >= 0.6 is 0 Å². The van der Waals surface area contributed by atoms with E-state index in [-0.39, 0.29) is 11.9 Å². The number of carbonyl (C=O) groups is 1. The Kier molecular flexibility index (Phi) is 4.42. The molecule has 0 N–H and O–H groups in total. The Morgan fingerprint density at radius 1 is 1.36 bits per heavy atom. The molecule has 5 nitrogen and oxygen atoms in total. The lowest BCUT2D eigenvalue weighted by atomic mass is 9.98. The van der Waals surface area contributed by atoms with Crippen LogP contribution in [0.2, 0.25) is 0 Å². The molecule has 0 saturated carbocycles. The summed E-state index contributed by atoms with van der Waals surface area (Å²) in [5.41, 5.74) is 0.937. The molecule has 3 heterocycles. The number of piperidine rings is 1. The van der Waals surface area contributed by atoms with Crippen molar-refractivity contribution in [3.63, 3.8) is 0 Å². The van der Waals surface area contributed by atoms with E-state index in [1.807, 2.05) is 30.0 Å². The van der Waals surface area contributed by atoms with Gasteiger partial charge in [-0.1, -0.05) is 6.07 Å². The fourth-order valence-electron chi connectivity index (χ4n) is 2.85. The van der Waals surface area contributed by atoms with E-state index in [4.69, 9.17) is 9.15 Å². The largest absolute Gasteiger partial charge is 0.465 e. The maximum atomic E-state index is 12.7. The molecule has 0 radical (unpaired) electrons. The second-order valence-electron chi connectivity index (χ2n) is 5.32. The van der Waals surface area contributed by atoms with Crippen molar-refractivity contribution in [3.05, 3.63) is 48.0 Å². The maximum Gasteiger partial charge on any atom is 0.290 e. The Morgan fingerprint density at radius 2 is 2.27 bits per heavy atom. The minimum absolute atomic E-state index is 0.0168. The Bertz CT molecular complexity index is 624. The van der Waals surface area contributed by atoms with Crippen molar-refractivity contribution >= 4 is 5.91 Å². The Hall–Kier alpha value is -2.30. The quantitative estimate of drug-likeness (QED) is 0.868. The molecule has 0 unspecified atom stereocenters. The zero-order chi connectivity index (χ0) is 15.4. The zero-order valence-electron chi connectivity index (χ0n) is 12.7. The van der Waals surface area contributed by atoms with Crippen LogP contribution in [0.25, 0.3) is 0 Å². The summed E-state index contributed by atoms with van der Waals surface area (Å²) in [6.07, 6.45) is 4.82. The average molecular weight is 300 g/mol. The van der Waals surface area contributed by atoms with Gasteiger partial charge in [-0.2, -0.15) is 0 Å². The average Bonchev–Trinajstić information content (AvgIpc) is 3.04. The van der Waals surface area contributed by atoms with Crippen molar-refractivity contribution in [3.8, 4) is 5.95 Å². The molecular weight excluding hydrogens is 280 g/mol. The van der Waals surface area contributed by atoms with Crippen LogP contribution in [0.4, 0.5) is 0 Å². The second kappa shape index (κ2) is 6.64. The van der Waals surface area contributed by atoms with E-state index >= 15 is 0 Å². The number of hydrogen-bond donors (Lipinski definition) is 0. The molecule has 1 saturated heterocycles. The zero-order valence-corrected chi connectivity index (χ0v) is 12.7. The van der Waals surface area contributed by atoms with Gasteiger partial charge in [0.25, 0.3) is 11.9 Å². The van der Waals surface area contributed by atoms with Crippen molar-refractivity contribution in [2.75, 3.05) is 13.2 Å². The number of rotatable bonds is 4. The third kappa shape index (κ3) is 2.98. The van der Waals surface area contributed by atoms with Gasteiger partial charge in [-0.05, 0) is 44.4 Å². The summed E-state index contributed by atoms with van der Waals surface area (Å²) < 4.78 is 10.8. The first-order valence-corrected chi connectivity index (χ1v) is 7.74. The van der Waals surface area contributed by atoms with Gasteiger partial charge in [0.1, 0.15) is 0 Å². The first-order chi connectivity index (χ1) is 10.8. The van der Waals surface area contributed by atoms with E-state index in [2.05, 4.69) is 4.98 Å². The molecule has 1 fully saturated rings. The standard InChI is InChI=1S/C17H20N2O3/c1-2-21-16-10-9-15(22-16)17(20)19-12-6-4-8-14(19)13-7-3-5-11-18-13/h3,5,7,9-11,14H,2,4,6,8,12H2,1H3/t14-/m0/s1. The molecule has 1 atom stereocenters. The molecule has 2 aromatic heterocycles. The summed E-state index contributed by atoms with van der Waals surface area (Å²) in [7, 11) is 0. The molecule has 2 aromatic rings. The van der Waals surface area contributed by atoms with E-state index in [0.29, 0.717) is 18.3 Å². The SMILES string of the molecule is CCOc1ccc(C(=O)N2CCCC[C@H]2c2ccccn2)o1. The molecule has 3 rings (SSSR count). The summed E-state index contributed by atoms with van der Waals surface area (Å²) in [6.45, 7) is 3.12. The van der Waals surface area contributed by atoms with Crippen LogP contribution in [0, 0.1) is 0 Å². The summed E-state index contributed by atoms with van der Waals surface area (Å²) in [4.78, 5) is 19.0. The number of hydrogen-bond acceptors (Lipinski definition) is 4. The molecule has 1 aliphatic heterocycles. The molecule has 1 amide bonds. The number of nitrogens with zero attached hydrogens (tertiary/aromatic N) is 2. The van der Waals surface area contributed by atoms with E-state index in [1.54, 1.807) is 18.3 Å². The van der Waals surface area contributed by atoms with Crippen molar-refractivity contribution in [2.45, 2.75) is 32.2 Å². The van der Waals surface area contributed by atoms with E-state index in [0.717, 1.165) is 31.5 Å². The summed E-state index contributed by atoms with van der Waals surface area (Å²) in [6, 6.07) is 9.21. The molecule has 0 aromatic carbocycles. The molecule has 0 aliphatic carbocycles. The van der Waals surface area contributed by atoms with Gasteiger partial charge in [-0.15, -0.1) is 0 Å². The predicted octanol–water partition coefficient (Wildman–Crippen LogP) is 3.44. The van der Waals surface area contributed by atoms with Gasteiger partial charge in [-0.25, -0.2) is 0 Å². The molecule has 116 valence electrons. The third-order valence-electron chi connectivity index (χ3n) is 3.87. The van der Waals surface area contributed by atoms with Gasteiger partial charge < -0.3 is 14.1 Å². The minimum Gasteiger partial charge on any atom is -0.465 e. The van der Waals surface area contributed by atoms with Crippen LogP contribution in [0.15, 0.2) is 40.9 Å². The topological polar surface area (TPSA) is 55.6 Å². The number of aromatic nitrogens is 1. The maximum absolute atomic E-state index is 12.7. The number of carbonyl (C=O) groups excluding carboxylic acids is 1. The van der Waals surface area contributed by atoms with Gasteiger partial charge in [-0.3, -0.25) is 9.78 Å². The van der Waals surface area contributed by atoms with Crippen LogP contribution < -0.4 is 4.74 Å². The van der Waals surface area contributed by atoms with Gasteiger partial charge in [0.15, 0.2) is 5.76 Å². The Labute approximate surface area is 129 Å². The molecule has 0 bridgehead atoms. The van der Waals surface area contributed by atoms with Gasteiger partial charge >= 0.3 is 0 Å². The van der Waals surface area contributed by atoms with Crippen molar-refractivity contribution in [1.82, 2.24) is 9.88 Å². The highest BCUT2D eigenvalue weighted by atomic mass is 16.6. The highest BCUT2D eigenvalue weighted by Crippen LogP contribution is 2.31. The van der Waals surface area contributed by atoms with Crippen LogP contribution in [0.3, 0.4) is 0 Å². The van der Waals surface area contributed by atoms with Gasteiger partial charge in [0, 0.05) is 18.8 Å². The van der Waals surface area contributed by atoms with Gasteiger partial charge in [0.2, 0.25) is 0 Å².